The Kier molecular flexibility index (Phi) is 4.79. The van der Waals surface area contributed by atoms with Crippen molar-refractivity contribution in [3.8, 4) is 18.1 Å². The summed E-state index contributed by atoms with van der Waals surface area (Å²) in [4.78, 5) is 12.2. The molecule has 1 amide bonds. The first-order chi connectivity index (χ1) is 8.49. The van der Waals surface area contributed by atoms with E-state index in [9.17, 15) is 4.79 Å². The number of carbonyl (C=O) groups excluding carboxylic acids is 1. The Morgan fingerprint density at radius 2 is 2.11 bits per heavy atom. The summed E-state index contributed by atoms with van der Waals surface area (Å²) in [6, 6.07) is 5.20. The van der Waals surface area contributed by atoms with E-state index in [4.69, 9.17) is 11.2 Å². The van der Waals surface area contributed by atoms with Crippen LogP contribution in [0, 0.1) is 25.2 Å². The maximum Gasteiger partial charge on any atom is 0.256 e. The normalized spacial score (nSPS) is 11.8. The van der Waals surface area contributed by atoms with Crippen LogP contribution in [0.15, 0.2) is 18.2 Å². The van der Waals surface area contributed by atoms with Crippen molar-refractivity contribution >= 4 is 5.91 Å². The lowest BCUT2D eigenvalue weighted by Gasteiger charge is -2.17. The van der Waals surface area contributed by atoms with Gasteiger partial charge in [-0.1, -0.05) is 31.4 Å². The van der Waals surface area contributed by atoms with Crippen molar-refractivity contribution in [3.05, 3.63) is 29.3 Å². The smallest absolute Gasteiger partial charge is 0.256 e. The summed E-state index contributed by atoms with van der Waals surface area (Å²) in [6.45, 7) is 5.87. The molecule has 0 heterocycles. The minimum Gasteiger partial charge on any atom is -0.496 e. The third-order valence-corrected chi connectivity index (χ3v) is 2.73. The number of hydrogen-bond acceptors (Lipinski definition) is 2. The number of terminal acetylenes is 1. The SMILES string of the molecule is C#CC(NC(=O)c1cc(C)ccc1OC)C(C)C. The molecular formula is C15H19NO2. The summed E-state index contributed by atoms with van der Waals surface area (Å²) in [6.07, 6.45) is 5.40. The van der Waals surface area contributed by atoms with Gasteiger partial charge in [0, 0.05) is 0 Å². The molecule has 3 heteroatoms. The van der Waals surface area contributed by atoms with Crippen molar-refractivity contribution in [1.29, 1.82) is 0 Å². The molecule has 0 aromatic heterocycles. The lowest BCUT2D eigenvalue weighted by Crippen LogP contribution is -2.37. The average Bonchev–Trinajstić information content (AvgIpc) is 2.35. The molecule has 1 N–H and O–H groups in total. The number of rotatable bonds is 4. The number of ether oxygens (including phenoxy) is 1. The Morgan fingerprint density at radius 1 is 1.44 bits per heavy atom. The molecule has 1 aromatic carbocycles. The monoisotopic (exact) mass is 245 g/mol. The zero-order chi connectivity index (χ0) is 13.7. The number of aryl methyl sites for hydroxylation is 1. The van der Waals surface area contributed by atoms with Gasteiger partial charge in [-0.2, -0.15) is 0 Å². The van der Waals surface area contributed by atoms with E-state index in [1.54, 1.807) is 19.2 Å². The molecule has 96 valence electrons. The van der Waals surface area contributed by atoms with Gasteiger partial charge in [0.1, 0.15) is 5.75 Å². The van der Waals surface area contributed by atoms with Gasteiger partial charge in [-0.3, -0.25) is 4.79 Å². The van der Waals surface area contributed by atoms with E-state index in [2.05, 4.69) is 11.2 Å². The molecule has 0 saturated heterocycles. The highest BCUT2D eigenvalue weighted by Crippen LogP contribution is 2.19. The molecular weight excluding hydrogens is 226 g/mol. The van der Waals surface area contributed by atoms with Gasteiger partial charge in [-0.25, -0.2) is 0 Å². The first kappa shape index (κ1) is 14.1. The predicted octanol–water partition coefficient (Wildman–Crippen LogP) is 2.39. The maximum absolute atomic E-state index is 12.2. The standard InChI is InChI=1S/C15H19NO2/c1-6-13(10(2)3)16-15(17)12-9-11(4)7-8-14(12)18-5/h1,7-10,13H,2-5H3,(H,16,17). The highest BCUT2D eigenvalue weighted by Gasteiger charge is 2.17. The molecule has 0 spiro atoms. The molecule has 0 fully saturated rings. The minimum atomic E-state index is -0.275. The number of hydrogen-bond donors (Lipinski definition) is 1. The molecule has 1 unspecified atom stereocenters. The minimum absolute atomic E-state index is 0.190. The van der Waals surface area contributed by atoms with Crippen LogP contribution in [-0.2, 0) is 0 Å². The summed E-state index contributed by atoms with van der Waals surface area (Å²) >= 11 is 0. The molecule has 0 bridgehead atoms. The van der Waals surface area contributed by atoms with Crippen LogP contribution >= 0.6 is 0 Å². The largest absolute Gasteiger partial charge is 0.496 e. The van der Waals surface area contributed by atoms with Crippen molar-refractivity contribution in [2.75, 3.05) is 7.11 Å². The van der Waals surface area contributed by atoms with Crippen molar-refractivity contribution in [2.24, 2.45) is 5.92 Å². The van der Waals surface area contributed by atoms with Gasteiger partial charge >= 0.3 is 0 Å². The molecule has 0 radical (unpaired) electrons. The quantitative estimate of drug-likeness (QED) is 0.827. The zero-order valence-corrected chi connectivity index (χ0v) is 11.3. The molecule has 3 nitrogen and oxygen atoms in total. The molecule has 0 aliphatic carbocycles. The lowest BCUT2D eigenvalue weighted by atomic mass is 10.0. The van der Waals surface area contributed by atoms with E-state index in [0.29, 0.717) is 11.3 Å². The summed E-state index contributed by atoms with van der Waals surface area (Å²) in [7, 11) is 1.54. The molecule has 1 atom stereocenters. The summed E-state index contributed by atoms with van der Waals surface area (Å²) < 4.78 is 5.18. The molecule has 0 aliphatic rings. The number of carbonyl (C=O) groups is 1. The van der Waals surface area contributed by atoms with Crippen LogP contribution in [0.3, 0.4) is 0 Å². The van der Waals surface area contributed by atoms with Gasteiger partial charge in [0.25, 0.3) is 5.91 Å². The Morgan fingerprint density at radius 3 is 2.61 bits per heavy atom. The van der Waals surface area contributed by atoms with Crippen LogP contribution in [0.25, 0.3) is 0 Å². The van der Waals surface area contributed by atoms with Crippen LogP contribution in [0.2, 0.25) is 0 Å². The fourth-order valence-corrected chi connectivity index (χ4v) is 1.62. The van der Waals surface area contributed by atoms with E-state index >= 15 is 0 Å². The van der Waals surface area contributed by atoms with Crippen LogP contribution in [0.1, 0.15) is 29.8 Å². The van der Waals surface area contributed by atoms with E-state index in [1.807, 2.05) is 26.8 Å². The van der Waals surface area contributed by atoms with E-state index < -0.39 is 0 Å². The number of amides is 1. The lowest BCUT2D eigenvalue weighted by molar-refractivity contribution is 0.0935. The van der Waals surface area contributed by atoms with Crippen molar-refractivity contribution in [3.63, 3.8) is 0 Å². The van der Waals surface area contributed by atoms with Crippen molar-refractivity contribution in [2.45, 2.75) is 26.8 Å². The average molecular weight is 245 g/mol. The van der Waals surface area contributed by atoms with Gasteiger partial charge in [0.15, 0.2) is 0 Å². The van der Waals surface area contributed by atoms with E-state index in [1.165, 1.54) is 0 Å². The van der Waals surface area contributed by atoms with Gasteiger partial charge < -0.3 is 10.1 Å². The topological polar surface area (TPSA) is 38.3 Å². The highest BCUT2D eigenvalue weighted by atomic mass is 16.5. The third kappa shape index (κ3) is 3.27. The second-order valence-corrected chi connectivity index (χ2v) is 4.57. The second-order valence-electron chi connectivity index (χ2n) is 4.57. The van der Waals surface area contributed by atoms with Crippen molar-refractivity contribution in [1.82, 2.24) is 5.32 Å². The van der Waals surface area contributed by atoms with E-state index in [0.717, 1.165) is 5.56 Å². The first-order valence-electron chi connectivity index (χ1n) is 5.91. The molecule has 1 aromatic rings. The van der Waals surface area contributed by atoms with Crippen LogP contribution in [-0.4, -0.2) is 19.1 Å². The van der Waals surface area contributed by atoms with Crippen LogP contribution in [0.5, 0.6) is 5.75 Å². The third-order valence-electron chi connectivity index (χ3n) is 2.73. The molecule has 0 saturated carbocycles. The van der Waals surface area contributed by atoms with Gasteiger partial charge in [0.05, 0.1) is 18.7 Å². The summed E-state index contributed by atoms with van der Waals surface area (Å²) in [5.41, 5.74) is 1.51. The molecule has 1 rings (SSSR count). The van der Waals surface area contributed by atoms with Crippen molar-refractivity contribution < 1.29 is 9.53 Å². The van der Waals surface area contributed by atoms with Gasteiger partial charge in [0.2, 0.25) is 0 Å². The van der Waals surface area contributed by atoms with E-state index in [-0.39, 0.29) is 17.9 Å². The zero-order valence-electron chi connectivity index (χ0n) is 11.3. The fourth-order valence-electron chi connectivity index (χ4n) is 1.62. The first-order valence-corrected chi connectivity index (χ1v) is 5.91. The Hall–Kier alpha value is -1.95. The summed E-state index contributed by atoms with van der Waals surface area (Å²) in [5.74, 6) is 3.12. The fraction of sp³-hybridized carbons (Fsp3) is 0.400. The van der Waals surface area contributed by atoms with Crippen LogP contribution < -0.4 is 10.1 Å². The van der Waals surface area contributed by atoms with Gasteiger partial charge in [-0.15, -0.1) is 6.42 Å². The summed E-state index contributed by atoms with van der Waals surface area (Å²) in [5, 5.41) is 2.83. The number of methoxy groups -OCH3 is 1. The second kappa shape index (κ2) is 6.11. The number of nitrogens with one attached hydrogen (secondary N) is 1. The Balaban J connectivity index is 2.97. The molecule has 18 heavy (non-hydrogen) atoms. The van der Waals surface area contributed by atoms with Gasteiger partial charge in [-0.05, 0) is 25.0 Å². The predicted molar refractivity (Wildman–Crippen MR) is 72.7 cm³/mol. The van der Waals surface area contributed by atoms with Crippen LogP contribution in [0.4, 0.5) is 0 Å². The molecule has 0 aliphatic heterocycles. The Labute approximate surface area is 109 Å². The maximum atomic E-state index is 12.2. The number of benzene rings is 1. The Bertz CT molecular complexity index is 472. The highest BCUT2D eigenvalue weighted by molar-refractivity contribution is 5.97.